The molecule has 5 nitrogen and oxygen atoms in total. The number of hydrogen-bond acceptors (Lipinski definition) is 3. The molecule has 1 amide bonds. The number of nitrogens with zero attached hydrogens (tertiary/aromatic N) is 1. The molecule has 1 aromatic rings. The van der Waals surface area contributed by atoms with Crippen molar-refractivity contribution in [2.45, 2.75) is 25.3 Å². The van der Waals surface area contributed by atoms with E-state index in [1.165, 1.54) is 12.1 Å². The van der Waals surface area contributed by atoms with E-state index < -0.39 is 5.97 Å². The third-order valence-electron chi connectivity index (χ3n) is 3.47. The van der Waals surface area contributed by atoms with Gasteiger partial charge in [0, 0.05) is 18.2 Å². The highest BCUT2D eigenvalue weighted by Crippen LogP contribution is 2.26. The number of aliphatic hydroxyl groups excluding tert-OH is 1. The first-order valence-corrected chi connectivity index (χ1v) is 6.38. The normalized spacial score (nSPS) is 14.8. The Balaban J connectivity index is 2.20. The standard InChI is InChI=1S/C14H17NO4/c16-8-7-15(12-5-2-6-12)13(17)10-3-1-4-11(9-10)14(18)19/h1,3-4,9,12,16H,2,5-8H2,(H,18,19). The molecule has 0 aromatic heterocycles. The van der Waals surface area contributed by atoms with E-state index in [0.717, 1.165) is 19.3 Å². The molecule has 0 saturated heterocycles. The summed E-state index contributed by atoms with van der Waals surface area (Å²) in [7, 11) is 0. The van der Waals surface area contributed by atoms with E-state index in [0.29, 0.717) is 12.1 Å². The van der Waals surface area contributed by atoms with E-state index in [9.17, 15) is 9.59 Å². The van der Waals surface area contributed by atoms with Crippen molar-refractivity contribution < 1.29 is 19.8 Å². The number of aromatic carboxylic acids is 1. The lowest BCUT2D eigenvalue weighted by Gasteiger charge is -2.37. The summed E-state index contributed by atoms with van der Waals surface area (Å²) in [6.07, 6.45) is 2.99. The van der Waals surface area contributed by atoms with Crippen LogP contribution in [0.15, 0.2) is 24.3 Å². The number of carbonyl (C=O) groups is 2. The molecule has 5 heteroatoms. The second kappa shape index (κ2) is 5.84. The number of rotatable bonds is 5. The van der Waals surface area contributed by atoms with Crippen LogP contribution in [0.3, 0.4) is 0 Å². The van der Waals surface area contributed by atoms with Crippen molar-refractivity contribution in [2.24, 2.45) is 0 Å². The number of carboxylic acids is 1. The molecule has 102 valence electrons. The summed E-state index contributed by atoms with van der Waals surface area (Å²) >= 11 is 0. The first-order chi connectivity index (χ1) is 9.13. The first-order valence-electron chi connectivity index (χ1n) is 6.38. The zero-order valence-electron chi connectivity index (χ0n) is 10.6. The van der Waals surface area contributed by atoms with Gasteiger partial charge in [-0.2, -0.15) is 0 Å². The van der Waals surface area contributed by atoms with Gasteiger partial charge in [-0.15, -0.1) is 0 Å². The molecule has 0 spiro atoms. The summed E-state index contributed by atoms with van der Waals surface area (Å²) < 4.78 is 0. The molecule has 1 saturated carbocycles. The quantitative estimate of drug-likeness (QED) is 0.841. The topological polar surface area (TPSA) is 77.8 Å². The highest BCUT2D eigenvalue weighted by atomic mass is 16.4. The van der Waals surface area contributed by atoms with Crippen molar-refractivity contribution in [2.75, 3.05) is 13.2 Å². The summed E-state index contributed by atoms with van der Waals surface area (Å²) in [4.78, 5) is 24.9. The average Bonchev–Trinajstić information content (AvgIpc) is 2.35. The van der Waals surface area contributed by atoms with Crippen molar-refractivity contribution in [1.82, 2.24) is 4.90 Å². The Hall–Kier alpha value is -1.88. The number of benzene rings is 1. The zero-order valence-corrected chi connectivity index (χ0v) is 10.6. The molecule has 1 aliphatic carbocycles. The van der Waals surface area contributed by atoms with Crippen LogP contribution in [-0.4, -0.2) is 46.2 Å². The first kappa shape index (κ1) is 13.5. The molecule has 1 aromatic carbocycles. The second-order valence-corrected chi connectivity index (χ2v) is 4.69. The van der Waals surface area contributed by atoms with E-state index in [1.54, 1.807) is 17.0 Å². The maximum atomic E-state index is 12.4. The monoisotopic (exact) mass is 263 g/mol. The van der Waals surface area contributed by atoms with Crippen LogP contribution >= 0.6 is 0 Å². The molecule has 0 aliphatic heterocycles. The van der Waals surface area contributed by atoms with Gasteiger partial charge in [0.2, 0.25) is 0 Å². The van der Waals surface area contributed by atoms with Gasteiger partial charge in [0.05, 0.1) is 12.2 Å². The van der Waals surface area contributed by atoms with Gasteiger partial charge in [0.1, 0.15) is 0 Å². The molecule has 19 heavy (non-hydrogen) atoms. The molecule has 0 unspecified atom stereocenters. The summed E-state index contributed by atoms with van der Waals surface area (Å²) in [5, 5.41) is 18.0. The van der Waals surface area contributed by atoms with Crippen molar-refractivity contribution in [3.05, 3.63) is 35.4 Å². The van der Waals surface area contributed by atoms with Gasteiger partial charge in [-0.3, -0.25) is 4.79 Å². The smallest absolute Gasteiger partial charge is 0.335 e. The molecule has 0 radical (unpaired) electrons. The molecular formula is C14H17NO4. The van der Waals surface area contributed by atoms with E-state index in [1.807, 2.05) is 0 Å². The largest absolute Gasteiger partial charge is 0.478 e. The Morgan fingerprint density at radius 3 is 2.47 bits per heavy atom. The van der Waals surface area contributed by atoms with Gasteiger partial charge in [-0.05, 0) is 37.5 Å². The minimum atomic E-state index is -1.05. The van der Waals surface area contributed by atoms with Crippen LogP contribution < -0.4 is 0 Å². The third-order valence-corrected chi connectivity index (χ3v) is 3.47. The Morgan fingerprint density at radius 2 is 1.95 bits per heavy atom. The van der Waals surface area contributed by atoms with Crippen LogP contribution in [0.5, 0.6) is 0 Å². The predicted octanol–water partition coefficient (Wildman–Crippen LogP) is 1.37. The fourth-order valence-corrected chi connectivity index (χ4v) is 2.21. The minimum Gasteiger partial charge on any atom is -0.478 e. The lowest BCUT2D eigenvalue weighted by molar-refractivity contribution is 0.0526. The molecule has 0 atom stereocenters. The Morgan fingerprint density at radius 1 is 1.26 bits per heavy atom. The highest BCUT2D eigenvalue weighted by molar-refractivity contribution is 5.97. The Labute approximate surface area is 111 Å². The van der Waals surface area contributed by atoms with Crippen LogP contribution in [0.2, 0.25) is 0 Å². The minimum absolute atomic E-state index is 0.0825. The SMILES string of the molecule is O=C(O)c1cccc(C(=O)N(CCO)C2CCC2)c1. The van der Waals surface area contributed by atoms with E-state index in [-0.39, 0.29) is 24.1 Å². The fraction of sp³-hybridized carbons (Fsp3) is 0.429. The van der Waals surface area contributed by atoms with Crippen molar-refractivity contribution in [3.63, 3.8) is 0 Å². The van der Waals surface area contributed by atoms with Gasteiger partial charge < -0.3 is 15.1 Å². The Bertz CT molecular complexity index is 482. The molecule has 1 aliphatic rings. The molecule has 2 N–H and O–H groups in total. The number of amides is 1. The number of carbonyl (C=O) groups excluding carboxylic acids is 1. The van der Waals surface area contributed by atoms with E-state index in [2.05, 4.69) is 0 Å². The van der Waals surface area contributed by atoms with Crippen molar-refractivity contribution in [3.8, 4) is 0 Å². The maximum Gasteiger partial charge on any atom is 0.335 e. The lowest BCUT2D eigenvalue weighted by atomic mass is 9.91. The molecular weight excluding hydrogens is 246 g/mol. The molecule has 1 fully saturated rings. The molecule has 0 bridgehead atoms. The predicted molar refractivity (Wildman–Crippen MR) is 69.2 cm³/mol. The second-order valence-electron chi connectivity index (χ2n) is 4.69. The summed E-state index contributed by atoms with van der Waals surface area (Å²) in [5.41, 5.74) is 0.462. The summed E-state index contributed by atoms with van der Waals surface area (Å²) in [6, 6.07) is 6.19. The lowest BCUT2D eigenvalue weighted by Crippen LogP contribution is -2.45. The molecule has 0 heterocycles. The van der Waals surface area contributed by atoms with Gasteiger partial charge in [0.15, 0.2) is 0 Å². The van der Waals surface area contributed by atoms with Crippen LogP contribution in [0.25, 0.3) is 0 Å². The average molecular weight is 263 g/mol. The number of aliphatic hydroxyl groups is 1. The van der Waals surface area contributed by atoms with E-state index >= 15 is 0 Å². The highest BCUT2D eigenvalue weighted by Gasteiger charge is 2.29. The van der Waals surface area contributed by atoms with Gasteiger partial charge >= 0.3 is 5.97 Å². The van der Waals surface area contributed by atoms with Gasteiger partial charge in [-0.1, -0.05) is 6.07 Å². The van der Waals surface area contributed by atoms with Gasteiger partial charge in [-0.25, -0.2) is 4.79 Å². The van der Waals surface area contributed by atoms with Crippen molar-refractivity contribution >= 4 is 11.9 Å². The summed E-state index contributed by atoms with van der Waals surface area (Å²) in [5.74, 6) is -1.26. The molecule has 2 rings (SSSR count). The van der Waals surface area contributed by atoms with Crippen LogP contribution in [0, 0.1) is 0 Å². The number of carboxylic acid groups (broad SMARTS) is 1. The maximum absolute atomic E-state index is 12.4. The summed E-state index contributed by atoms with van der Waals surface area (Å²) in [6.45, 7) is 0.210. The van der Waals surface area contributed by atoms with Crippen LogP contribution in [0.1, 0.15) is 40.0 Å². The zero-order chi connectivity index (χ0) is 13.8. The van der Waals surface area contributed by atoms with E-state index in [4.69, 9.17) is 10.2 Å². The van der Waals surface area contributed by atoms with Crippen LogP contribution in [-0.2, 0) is 0 Å². The van der Waals surface area contributed by atoms with Gasteiger partial charge in [0.25, 0.3) is 5.91 Å². The Kier molecular flexibility index (Phi) is 4.16. The number of hydrogen-bond donors (Lipinski definition) is 2. The fourth-order valence-electron chi connectivity index (χ4n) is 2.21. The van der Waals surface area contributed by atoms with Crippen molar-refractivity contribution in [1.29, 1.82) is 0 Å². The third kappa shape index (κ3) is 2.93. The van der Waals surface area contributed by atoms with Crippen LogP contribution in [0.4, 0.5) is 0 Å².